The van der Waals surface area contributed by atoms with Crippen LogP contribution in [0.4, 0.5) is 17.2 Å². The van der Waals surface area contributed by atoms with Crippen molar-refractivity contribution in [3.63, 3.8) is 0 Å². The summed E-state index contributed by atoms with van der Waals surface area (Å²) < 4.78 is 5.24. The monoisotopic (exact) mass is 376 g/mol. The van der Waals surface area contributed by atoms with Gasteiger partial charge in [-0.1, -0.05) is 45.0 Å². The average molecular weight is 376 g/mol. The van der Waals surface area contributed by atoms with E-state index in [0.29, 0.717) is 17.3 Å². The molecule has 6 heteroatoms. The van der Waals surface area contributed by atoms with E-state index in [9.17, 15) is 4.79 Å². The Bertz CT molecular complexity index is 946. The number of benzene rings is 2. The molecule has 3 aromatic rings. The molecule has 0 saturated carbocycles. The van der Waals surface area contributed by atoms with Crippen LogP contribution < -0.4 is 15.4 Å². The molecule has 0 radical (unpaired) electrons. The van der Waals surface area contributed by atoms with E-state index in [0.717, 1.165) is 5.69 Å². The van der Waals surface area contributed by atoms with Crippen molar-refractivity contribution in [1.29, 1.82) is 0 Å². The zero-order valence-corrected chi connectivity index (χ0v) is 16.5. The van der Waals surface area contributed by atoms with Crippen LogP contribution in [-0.2, 0) is 5.41 Å². The van der Waals surface area contributed by atoms with Gasteiger partial charge >= 0.3 is 0 Å². The van der Waals surface area contributed by atoms with Crippen LogP contribution in [0.2, 0.25) is 0 Å². The van der Waals surface area contributed by atoms with Crippen LogP contribution in [0, 0.1) is 0 Å². The van der Waals surface area contributed by atoms with Crippen LogP contribution in [0.3, 0.4) is 0 Å². The fourth-order valence-electron chi connectivity index (χ4n) is 2.66. The first kappa shape index (κ1) is 19.4. The van der Waals surface area contributed by atoms with E-state index in [1.807, 2.05) is 24.3 Å². The Hall–Kier alpha value is -3.41. The van der Waals surface area contributed by atoms with E-state index in [1.54, 1.807) is 31.4 Å². The maximum absolute atomic E-state index is 12.4. The third-order valence-electron chi connectivity index (χ3n) is 4.28. The van der Waals surface area contributed by atoms with Gasteiger partial charge in [-0.05, 0) is 47.4 Å². The number of amides is 1. The smallest absolute Gasteiger partial charge is 0.276 e. The lowest BCUT2D eigenvalue weighted by Crippen LogP contribution is -2.15. The number of nitrogens with one attached hydrogen (secondary N) is 2. The fourth-order valence-corrected chi connectivity index (χ4v) is 2.66. The minimum absolute atomic E-state index is 0.106. The number of hydrogen-bond acceptors (Lipinski definition) is 5. The largest absolute Gasteiger partial charge is 0.495 e. The van der Waals surface area contributed by atoms with E-state index in [4.69, 9.17) is 4.74 Å². The first-order valence-corrected chi connectivity index (χ1v) is 9.02. The summed E-state index contributed by atoms with van der Waals surface area (Å²) >= 11 is 0. The molecule has 0 aliphatic rings. The van der Waals surface area contributed by atoms with Crippen LogP contribution >= 0.6 is 0 Å². The Morgan fingerprint density at radius 1 is 0.929 bits per heavy atom. The number of hydrogen-bond donors (Lipinski definition) is 2. The molecule has 1 amide bonds. The topological polar surface area (TPSA) is 76.1 Å². The predicted molar refractivity (Wildman–Crippen MR) is 111 cm³/mol. The first-order chi connectivity index (χ1) is 13.4. The second-order valence-corrected chi connectivity index (χ2v) is 7.41. The fraction of sp³-hybridized carbons (Fsp3) is 0.227. The van der Waals surface area contributed by atoms with Gasteiger partial charge in [-0.25, -0.2) is 0 Å². The van der Waals surface area contributed by atoms with Crippen molar-refractivity contribution < 1.29 is 9.53 Å². The zero-order chi connectivity index (χ0) is 20.1. The van der Waals surface area contributed by atoms with Crippen molar-refractivity contribution >= 4 is 23.1 Å². The summed E-state index contributed by atoms with van der Waals surface area (Å²) in [6.07, 6.45) is 0. The minimum Gasteiger partial charge on any atom is -0.495 e. The maximum atomic E-state index is 12.4. The van der Waals surface area contributed by atoms with Crippen LogP contribution in [0.25, 0.3) is 0 Å². The van der Waals surface area contributed by atoms with Gasteiger partial charge in [0, 0.05) is 5.69 Å². The average Bonchev–Trinajstić information content (AvgIpc) is 2.68. The lowest BCUT2D eigenvalue weighted by atomic mass is 9.87. The Morgan fingerprint density at radius 3 is 2.25 bits per heavy atom. The third kappa shape index (κ3) is 4.65. The van der Waals surface area contributed by atoms with Crippen LogP contribution in [0.5, 0.6) is 5.75 Å². The first-order valence-electron chi connectivity index (χ1n) is 9.02. The molecule has 0 bridgehead atoms. The van der Waals surface area contributed by atoms with Crippen LogP contribution in [-0.4, -0.2) is 23.2 Å². The summed E-state index contributed by atoms with van der Waals surface area (Å²) in [7, 11) is 1.55. The molecule has 2 N–H and O–H groups in total. The highest BCUT2D eigenvalue weighted by atomic mass is 16.5. The molecule has 0 fully saturated rings. The van der Waals surface area contributed by atoms with E-state index in [-0.39, 0.29) is 17.0 Å². The Balaban J connectivity index is 1.67. The second kappa shape index (κ2) is 8.08. The molecule has 1 heterocycles. The number of carbonyl (C=O) groups excluding carboxylic acids is 1. The second-order valence-electron chi connectivity index (χ2n) is 7.41. The summed E-state index contributed by atoms with van der Waals surface area (Å²) in [5.74, 6) is 0.802. The third-order valence-corrected chi connectivity index (χ3v) is 4.28. The summed E-state index contributed by atoms with van der Waals surface area (Å²) in [4.78, 5) is 12.4. The number of para-hydroxylation sites is 2. The van der Waals surface area contributed by atoms with E-state index in [2.05, 4.69) is 53.7 Å². The Kier molecular flexibility index (Phi) is 5.59. The van der Waals surface area contributed by atoms with Crippen molar-refractivity contribution in [2.75, 3.05) is 17.7 Å². The standard InChI is InChI=1S/C22H24N4O2/c1-22(2,3)15-9-11-16(12-10-15)23-20-14-13-18(25-26-20)21(27)24-17-7-5-6-8-19(17)28-4/h5-14H,1-4H3,(H,23,26)(H,24,27). The summed E-state index contributed by atoms with van der Waals surface area (Å²) in [5, 5.41) is 14.1. The van der Waals surface area contributed by atoms with Gasteiger partial charge in [0.1, 0.15) is 5.75 Å². The van der Waals surface area contributed by atoms with Crippen LogP contribution in [0.1, 0.15) is 36.8 Å². The van der Waals surface area contributed by atoms with E-state index in [1.165, 1.54) is 5.56 Å². The molecule has 0 aliphatic heterocycles. The van der Waals surface area contributed by atoms with Crippen molar-refractivity contribution in [3.05, 3.63) is 71.9 Å². The van der Waals surface area contributed by atoms with Gasteiger partial charge in [-0.2, -0.15) is 0 Å². The quantitative estimate of drug-likeness (QED) is 0.670. The van der Waals surface area contributed by atoms with E-state index >= 15 is 0 Å². The number of carbonyl (C=O) groups is 1. The van der Waals surface area contributed by atoms with E-state index < -0.39 is 0 Å². The van der Waals surface area contributed by atoms with Crippen molar-refractivity contribution in [2.24, 2.45) is 0 Å². The normalized spacial score (nSPS) is 11.0. The van der Waals surface area contributed by atoms with Crippen molar-refractivity contribution in [2.45, 2.75) is 26.2 Å². The number of methoxy groups -OCH3 is 1. The Labute approximate surface area is 165 Å². The minimum atomic E-state index is -0.349. The number of anilines is 3. The molecule has 0 atom stereocenters. The SMILES string of the molecule is COc1ccccc1NC(=O)c1ccc(Nc2ccc(C(C)(C)C)cc2)nn1. The molecule has 0 unspecified atom stereocenters. The highest BCUT2D eigenvalue weighted by molar-refractivity contribution is 6.03. The van der Waals surface area contributed by atoms with Crippen molar-refractivity contribution in [1.82, 2.24) is 10.2 Å². The molecule has 6 nitrogen and oxygen atoms in total. The van der Waals surface area contributed by atoms with Gasteiger partial charge in [-0.15, -0.1) is 10.2 Å². The molecule has 2 aromatic carbocycles. The van der Waals surface area contributed by atoms with Gasteiger partial charge in [0.15, 0.2) is 11.5 Å². The summed E-state index contributed by atoms with van der Waals surface area (Å²) in [6.45, 7) is 6.53. The highest BCUT2D eigenvalue weighted by Gasteiger charge is 2.13. The summed E-state index contributed by atoms with van der Waals surface area (Å²) in [6, 6.07) is 18.7. The lowest BCUT2D eigenvalue weighted by molar-refractivity contribution is 0.102. The molecule has 3 rings (SSSR count). The number of nitrogens with zero attached hydrogens (tertiary/aromatic N) is 2. The molecule has 1 aromatic heterocycles. The number of rotatable bonds is 5. The number of aromatic nitrogens is 2. The molecular formula is C22H24N4O2. The van der Waals surface area contributed by atoms with Crippen LogP contribution in [0.15, 0.2) is 60.7 Å². The van der Waals surface area contributed by atoms with Gasteiger partial charge in [0.2, 0.25) is 0 Å². The molecule has 144 valence electrons. The van der Waals surface area contributed by atoms with Gasteiger partial charge < -0.3 is 15.4 Å². The predicted octanol–water partition coefficient (Wildman–Crippen LogP) is 4.78. The molecule has 0 aliphatic carbocycles. The Morgan fingerprint density at radius 2 is 1.64 bits per heavy atom. The van der Waals surface area contributed by atoms with Gasteiger partial charge in [0.05, 0.1) is 12.8 Å². The molecule has 0 spiro atoms. The lowest BCUT2D eigenvalue weighted by Gasteiger charge is -2.19. The van der Waals surface area contributed by atoms with Gasteiger partial charge in [0.25, 0.3) is 5.91 Å². The molecule has 0 saturated heterocycles. The highest BCUT2D eigenvalue weighted by Crippen LogP contribution is 2.25. The van der Waals surface area contributed by atoms with Crippen molar-refractivity contribution in [3.8, 4) is 5.75 Å². The zero-order valence-electron chi connectivity index (χ0n) is 16.5. The van der Waals surface area contributed by atoms with Gasteiger partial charge in [-0.3, -0.25) is 4.79 Å². The number of ether oxygens (including phenoxy) is 1. The molecular weight excluding hydrogens is 352 g/mol. The summed E-state index contributed by atoms with van der Waals surface area (Å²) in [5.41, 5.74) is 3.08. The maximum Gasteiger partial charge on any atom is 0.276 e. The molecule has 28 heavy (non-hydrogen) atoms.